The molecule has 0 bridgehead atoms. The van der Waals surface area contributed by atoms with Gasteiger partial charge in [-0.15, -0.1) is 10.2 Å². The Balaban J connectivity index is 1.61. The number of carbonyl (C=O) groups excluding carboxylic acids is 1. The van der Waals surface area contributed by atoms with E-state index in [0.29, 0.717) is 11.5 Å². The number of thiocarbonyl (C=S) groups is 1. The summed E-state index contributed by atoms with van der Waals surface area (Å²) >= 11 is 6.62. The van der Waals surface area contributed by atoms with Crippen LogP contribution in [0.3, 0.4) is 0 Å². The van der Waals surface area contributed by atoms with E-state index in [2.05, 4.69) is 25.9 Å². The smallest absolute Gasteiger partial charge is 0.234 e. The Morgan fingerprint density at radius 1 is 1.33 bits per heavy atom. The predicted octanol–water partition coefficient (Wildman–Crippen LogP) is 2.86. The summed E-state index contributed by atoms with van der Waals surface area (Å²) in [7, 11) is 0. The lowest BCUT2D eigenvalue weighted by Gasteiger charge is -2.09. The van der Waals surface area contributed by atoms with Gasteiger partial charge in [0.15, 0.2) is 5.11 Å². The van der Waals surface area contributed by atoms with E-state index in [0.717, 1.165) is 34.1 Å². The molecule has 2 N–H and O–H groups in total. The first-order chi connectivity index (χ1) is 11.7. The fraction of sp³-hybridized carbons (Fsp3) is 0.267. The highest BCUT2D eigenvalue weighted by Crippen LogP contribution is 2.25. The molecule has 0 radical (unpaired) electrons. The molecule has 0 spiro atoms. The van der Waals surface area contributed by atoms with Crippen LogP contribution in [0.4, 0.5) is 5.69 Å². The van der Waals surface area contributed by atoms with Gasteiger partial charge in [-0.05, 0) is 42.9 Å². The van der Waals surface area contributed by atoms with E-state index < -0.39 is 0 Å². The van der Waals surface area contributed by atoms with Gasteiger partial charge in [-0.1, -0.05) is 24.7 Å². The number of amides is 1. The molecule has 0 aliphatic heterocycles. The molecular formula is C15H16N6OS2. The van der Waals surface area contributed by atoms with Crippen molar-refractivity contribution in [2.45, 2.75) is 26.2 Å². The number of hydrogen-bond donors (Lipinski definition) is 2. The van der Waals surface area contributed by atoms with Gasteiger partial charge in [0.1, 0.15) is 11.3 Å². The number of hydrogen-bond acceptors (Lipinski definition) is 6. The lowest BCUT2D eigenvalue weighted by molar-refractivity contribution is -0.119. The van der Waals surface area contributed by atoms with Crippen LogP contribution >= 0.6 is 23.6 Å². The Labute approximate surface area is 148 Å². The summed E-state index contributed by atoms with van der Waals surface area (Å²) in [5, 5.41) is 19.0. The highest BCUT2D eigenvalue weighted by molar-refractivity contribution is 7.80. The van der Waals surface area contributed by atoms with Crippen molar-refractivity contribution in [3.63, 3.8) is 0 Å². The molecule has 2 heterocycles. The first-order valence-electron chi connectivity index (χ1n) is 7.54. The standard InChI is InChI=1S/C15H16N6OS2/c1-2-3-4-12(22)18-14(23)17-11-7-5-10(6-8-11)13-20-21-9-16-19-15(21)24-13/h5-9H,2-4H2,1H3,(H2,17,18,22,23). The lowest BCUT2D eigenvalue weighted by Crippen LogP contribution is -2.33. The number of nitrogens with zero attached hydrogens (tertiary/aromatic N) is 4. The molecule has 0 aliphatic carbocycles. The molecule has 9 heteroatoms. The maximum Gasteiger partial charge on any atom is 0.234 e. The number of fused-ring (bicyclic) bond motifs is 1. The van der Waals surface area contributed by atoms with E-state index in [1.54, 1.807) is 10.8 Å². The molecule has 3 aromatic rings. The Kier molecular flexibility index (Phi) is 5.11. The summed E-state index contributed by atoms with van der Waals surface area (Å²) in [4.78, 5) is 12.4. The molecule has 1 aromatic carbocycles. The average molecular weight is 360 g/mol. The Bertz CT molecular complexity index is 826. The fourth-order valence-corrected chi connectivity index (χ4v) is 3.12. The van der Waals surface area contributed by atoms with Crippen LogP contribution < -0.4 is 10.6 Å². The van der Waals surface area contributed by atoms with E-state index in [4.69, 9.17) is 12.2 Å². The van der Waals surface area contributed by atoms with Crippen LogP contribution in [-0.4, -0.2) is 30.8 Å². The SMILES string of the molecule is CCCCC(=O)NC(=S)Nc1ccc(-c2nn3cnnc3s2)cc1. The first kappa shape index (κ1) is 16.5. The summed E-state index contributed by atoms with van der Waals surface area (Å²) in [5.74, 6) is -0.0642. The van der Waals surface area contributed by atoms with E-state index in [-0.39, 0.29) is 5.91 Å². The second-order valence-electron chi connectivity index (χ2n) is 5.15. The van der Waals surface area contributed by atoms with Gasteiger partial charge < -0.3 is 10.6 Å². The lowest BCUT2D eigenvalue weighted by atomic mass is 10.2. The summed E-state index contributed by atoms with van der Waals surface area (Å²) in [6, 6.07) is 7.66. The normalized spacial score (nSPS) is 10.7. The van der Waals surface area contributed by atoms with Crippen LogP contribution in [0, 0.1) is 0 Å². The maximum absolute atomic E-state index is 11.6. The minimum Gasteiger partial charge on any atom is -0.332 e. The van der Waals surface area contributed by atoms with Crippen LogP contribution in [0.25, 0.3) is 15.5 Å². The fourth-order valence-electron chi connectivity index (χ4n) is 2.06. The summed E-state index contributed by atoms with van der Waals surface area (Å²) < 4.78 is 1.65. The topological polar surface area (TPSA) is 84.2 Å². The molecule has 0 saturated heterocycles. The minimum atomic E-state index is -0.0642. The third-order valence-corrected chi connectivity index (χ3v) is 4.45. The molecule has 1 amide bonds. The van der Waals surface area contributed by atoms with Gasteiger partial charge in [0.2, 0.25) is 10.9 Å². The molecular weight excluding hydrogens is 344 g/mol. The van der Waals surface area contributed by atoms with Gasteiger partial charge in [-0.2, -0.15) is 9.61 Å². The van der Waals surface area contributed by atoms with Crippen molar-refractivity contribution in [3.05, 3.63) is 30.6 Å². The summed E-state index contributed by atoms with van der Waals surface area (Å²) in [6.07, 6.45) is 3.89. The average Bonchev–Trinajstić information content (AvgIpc) is 3.15. The molecule has 0 unspecified atom stereocenters. The summed E-state index contributed by atoms with van der Waals surface area (Å²) in [5.41, 5.74) is 1.79. The molecule has 7 nitrogen and oxygen atoms in total. The van der Waals surface area contributed by atoms with Gasteiger partial charge >= 0.3 is 0 Å². The Morgan fingerprint density at radius 3 is 2.83 bits per heavy atom. The van der Waals surface area contributed by atoms with Crippen LogP contribution in [0.5, 0.6) is 0 Å². The Morgan fingerprint density at radius 2 is 2.12 bits per heavy atom. The number of aromatic nitrogens is 4. The number of benzene rings is 1. The molecule has 124 valence electrons. The number of carbonyl (C=O) groups is 1. The third kappa shape index (κ3) is 3.92. The third-order valence-electron chi connectivity index (χ3n) is 3.29. The predicted molar refractivity (Wildman–Crippen MR) is 98.0 cm³/mol. The van der Waals surface area contributed by atoms with E-state index in [9.17, 15) is 4.79 Å². The molecule has 0 aliphatic rings. The molecule has 0 fully saturated rings. The van der Waals surface area contributed by atoms with Gasteiger partial charge in [-0.3, -0.25) is 4.79 Å². The van der Waals surface area contributed by atoms with Gasteiger partial charge in [0.25, 0.3) is 0 Å². The number of nitrogens with one attached hydrogen (secondary N) is 2. The maximum atomic E-state index is 11.6. The van der Waals surface area contributed by atoms with Crippen molar-refractivity contribution < 1.29 is 4.79 Å². The zero-order valence-corrected chi connectivity index (χ0v) is 14.7. The van der Waals surface area contributed by atoms with Crippen molar-refractivity contribution in [2.24, 2.45) is 0 Å². The van der Waals surface area contributed by atoms with Crippen LogP contribution in [0.2, 0.25) is 0 Å². The van der Waals surface area contributed by atoms with Crippen LogP contribution in [0.15, 0.2) is 30.6 Å². The van der Waals surface area contributed by atoms with Crippen molar-refractivity contribution in [1.29, 1.82) is 0 Å². The molecule has 0 saturated carbocycles. The second kappa shape index (κ2) is 7.45. The summed E-state index contributed by atoms with van der Waals surface area (Å²) in [6.45, 7) is 2.04. The first-order valence-corrected chi connectivity index (χ1v) is 8.76. The van der Waals surface area contributed by atoms with E-state index in [1.807, 2.05) is 31.2 Å². The highest BCUT2D eigenvalue weighted by atomic mass is 32.1. The molecule has 3 rings (SSSR count). The zero-order chi connectivity index (χ0) is 16.9. The Hall–Kier alpha value is -2.39. The molecule has 0 atom stereocenters. The van der Waals surface area contributed by atoms with Crippen molar-refractivity contribution in [1.82, 2.24) is 25.1 Å². The molecule has 2 aromatic heterocycles. The number of unbranched alkanes of at least 4 members (excludes halogenated alkanes) is 1. The monoisotopic (exact) mass is 360 g/mol. The van der Waals surface area contributed by atoms with Crippen molar-refractivity contribution in [3.8, 4) is 10.6 Å². The quantitative estimate of drug-likeness (QED) is 0.681. The van der Waals surface area contributed by atoms with Crippen molar-refractivity contribution >= 4 is 45.2 Å². The largest absolute Gasteiger partial charge is 0.332 e. The molecule has 24 heavy (non-hydrogen) atoms. The zero-order valence-electron chi connectivity index (χ0n) is 13.0. The van der Waals surface area contributed by atoms with E-state index >= 15 is 0 Å². The van der Waals surface area contributed by atoms with Crippen LogP contribution in [0.1, 0.15) is 26.2 Å². The van der Waals surface area contributed by atoms with Gasteiger partial charge in [-0.25, -0.2) is 0 Å². The van der Waals surface area contributed by atoms with Crippen LogP contribution in [-0.2, 0) is 4.79 Å². The second-order valence-corrected chi connectivity index (χ2v) is 6.51. The van der Waals surface area contributed by atoms with Gasteiger partial charge in [0.05, 0.1) is 0 Å². The number of rotatable bonds is 5. The van der Waals surface area contributed by atoms with Gasteiger partial charge in [0, 0.05) is 17.7 Å². The van der Waals surface area contributed by atoms with E-state index in [1.165, 1.54) is 11.3 Å². The highest BCUT2D eigenvalue weighted by Gasteiger charge is 2.08. The number of anilines is 1. The van der Waals surface area contributed by atoms with Crippen molar-refractivity contribution in [2.75, 3.05) is 5.32 Å². The minimum absolute atomic E-state index is 0.0642.